The van der Waals surface area contributed by atoms with Crippen molar-refractivity contribution in [2.45, 2.75) is 79.8 Å². The number of phenols is 1. The lowest BCUT2D eigenvalue weighted by molar-refractivity contribution is -0.192. The van der Waals surface area contributed by atoms with Crippen molar-refractivity contribution >= 4 is 40.5 Å². The van der Waals surface area contributed by atoms with E-state index in [0.29, 0.717) is 22.6 Å². The molecule has 3 aliphatic carbocycles. The second-order valence-electron chi connectivity index (χ2n) is 14.6. The number of benzene rings is 2. The Morgan fingerprint density at radius 2 is 1.64 bits per heavy atom. The van der Waals surface area contributed by atoms with Crippen LogP contribution in [0.5, 0.6) is 11.5 Å². The third kappa shape index (κ3) is 4.91. The molecule has 0 aromatic heterocycles. The summed E-state index contributed by atoms with van der Waals surface area (Å²) in [5.74, 6) is -5.30. The fraction of sp³-hybridized carbons (Fsp3) is 0.486. The first-order valence-electron chi connectivity index (χ1n) is 16.0. The predicted octanol–water partition coefficient (Wildman–Crippen LogP) is 6.00. The Morgan fingerprint density at radius 1 is 1.02 bits per heavy atom. The highest BCUT2D eigenvalue weighted by molar-refractivity contribution is 6.33. The van der Waals surface area contributed by atoms with E-state index in [2.05, 4.69) is 10.6 Å². The van der Waals surface area contributed by atoms with E-state index in [1.54, 1.807) is 44.2 Å². The molecule has 0 spiro atoms. The molecular formula is C37H44N2O8. The SMILES string of the molecule is COc1ccc(NC(=O)Nc2cc(C(C)C)c3c(c2O)C(=O)C2C(=O)[C@]4(O)C(=O)C(C(C)=O)=C(C)[C@@H](C(C)C)[C@]4(C)C[C@]2(C)C3)cc1. The molecule has 3 aliphatic rings. The van der Waals surface area contributed by atoms with Gasteiger partial charge in [-0.3, -0.25) is 19.2 Å². The minimum atomic E-state index is -2.62. The lowest BCUT2D eigenvalue weighted by Crippen LogP contribution is -2.73. The highest BCUT2D eigenvalue weighted by Crippen LogP contribution is 2.65. The molecule has 1 saturated carbocycles. The van der Waals surface area contributed by atoms with Crippen molar-refractivity contribution in [3.05, 3.63) is 58.2 Å². The van der Waals surface area contributed by atoms with Crippen LogP contribution in [0.2, 0.25) is 0 Å². The predicted molar refractivity (Wildman–Crippen MR) is 177 cm³/mol. The summed E-state index contributed by atoms with van der Waals surface area (Å²) in [7, 11) is 1.53. The van der Waals surface area contributed by atoms with Gasteiger partial charge in [0.1, 0.15) is 11.5 Å². The summed E-state index contributed by atoms with van der Waals surface area (Å²) in [4.78, 5) is 69.0. The molecule has 1 unspecified atom stereocenters. The number of carbonyl (C=O) groups excluding carboxylic acids is 5. The number of methoxy groups -OCH3 is 1. The van der Waals surface area contributed by atoms with Crippen LogP contribution in [0, 0.1) is 28.6 Å². The van der Waals surface area contributed by atoms with Gasteiger partial charge in [-0.2, -0.15) is 0 Å². The molecule has 0 aliphatic heterocycles. The first-order valence-corrected chi connectivity index (χ1v) is 16.0. The third-order valence-corrected chi connectivity index (χ3v) is 10.8. The third-order valence-electron chi connectivity index (χ3n) is 10.8. The van der Waals surface area contributed by atoms with E-state index in [9.17, 15) is 34.2 Å². The van der Waals surface area contributed by atoms with Crippen molar-refractivity contribution in [3.8, 4) is 11.5 Å². The maximum absolute atomic E-state index is 14.6. The Balaban J connectivity index is 1.62. The van der Waals surface area contributed by atoms with Gasteiger partial charge in [-0.25, -0.2) is 4.79 Å². The summed E-state index contributed by atoms with van der Waals surface area (Å²) in [6.07, 6.45) is 0.370. The Hall–Kier alpha value is -4.31. The summed E-state index contributed by atoms with van der Waals surface area (Å²) < 4.78 is 5.15. The standard InChI is InChI=1S/C37H44N2O8/c1-17(2)23-14-25(39-34(45)38-21-10-12-22(47-9)13-11-21)30(41)27-24(23)15-35(7)16-36(8)28(18(3)4)19(5)26(20(6)40)32(43)37(36,46)33(44)29(35)31(27)42/h10-14,17-18,28-29,41,46H,15-16H2,1-9H3,(H2,38,39,45)/t28-,29?,35+,36+,37-/m1/s1. The van der Waals surface area contributed by atoms with Crippen LogP contribution in [0.4, 0.5) is 16.2 Å². The van der Waals surface area contributed by atoms with Gasteiger partial charge in [0.05, 0.1) is 29.9 Å². The van der Waals surface area contributed by atoms with Crippen LogP contribution in [0.25, 0.3) is 0 Å². The number of carbonyl (C=O) groups is 5. The van der Waals surface area contributed by atoms with E-state index < -0.39 is 63.2 Å². The molecule has 10 nitrogen and oxygen atoms in total. The number of nitrogens with one attached hydrogen (secondary N) is 2. The number of allylic oxidation sites excluding steroid dienone is 1. The summed E-state index contributed by atoms with van der Waals surface area (Å²) in [5.41, 5.74) is -2.95. The molecule has 0 radical (unpaired) electrons. The van der Waals surface area contributed by atoms with Crippen LogP contribution < -0.4 is 15.4 Å². The fourth-order valence-corrected chi connectivity index (χ4v) is 9.16. The summed E-state index contributed by atoms with van der Waals surface area (Å²) in [6, 6.07) is 7.63. The van der Waals surface area contributed by atoms with Gasteiger partial charge in [0, 0.05) is 11.1 Å². The van der Waals surface area contributed by atoms with Crippen LogP contribution in [0.1, 0.15) is 89.2 Å². The molecule has 4 N–H and O–H groups in total. The number of hydrogen-bond donors (Lipinski definition) is 4. The van der Waals surface area contributed by atoms with Gasteiger partial charge in [0.2, 0.25) is 5.78 Å². The minimum absolute atomic E-state index is 0.0201. The molecule has 1 fully saturated rings. The van der Waals surface area contributed by atoms with Crippen LogP contribution in [0.3, 0.4) is 0 Å². The number of hydrogen-bond acceptors (Lipinski definition) is 8. The number of urea groups is 1. The largest absolute Gasteiger partial charge is 0.505 e. The Labute approximate surface area is 275 Å². The van der Waals surface area contributed by atoms with Gasteiger partial charge < -0.3 is 25.6 Å². The number of ether oxygens (including phenoxy) is 1. The van der Waals surface area contributed by atoms with E-state index in [1.165, 1.54) is 14.0 Å². The number of aromatic hydroxyl groups is 1. The van der Waals surface area contributed by atoms with E-state index in [0.717, 1.165) is 5.56 Å². The maximum Gasteiger partial charge on any atom is 0.323 e. The van der Waals surface area contributed by atoms with E-state index in [4.69, 9.17) is 4.74 Å². The molecule has 2 aromatic rings. The summed E-state index contributed by atoms with van der Waals surface area (Å²) >= 11 is 0. The number of anilines is 2. The monoisotopic (exact) mass is 644 g/mol. The van der Waals surface area contributed by atoms with Gasteiger partial charge in [-0.1, -0.05) is 47.1 Å². The number of rotatable bonds is 6. The van der Waals surface area contributed by atoms with Crippen LogP contribution in [-0.4, -0.2) is 52.1 Å². The molecule has 2 amide bonds. The molecule has 5 rings (SSSR count). The molecule has 0 bridgehead atoms. The molecule has 5 atom stereocenters. The first kappa shape index (κ1) is 34.0. The summed E-state index contributed by atoms with van der Waals surface area (Å²) in [5, 5.41) is 29.2. The first-order chi connectivity index (χ1) is 21.8. The number of Topliss-reactive ketones (excluding diaryl/α,β-unsaturated/α-hetero) is 4. The second-order valence-corrected chi connectivity index (χ2v) is 14.6. The van der Waals surface area contributed by atoms with Crippen molar-refractivity contribution in [1.82, 2.24) is 0 Å². The highest BCUT2D eigenvalue weighted by Gasteiger charge is 2.73. The van der Waals surface area contributed by atoms with Crippen molar-refractivity contribution in [1.29, 1.82) is 0 Å². The Kier molecular flexibility index (Phi) is 8.28. The molecule has 2 aromatic carbocycles. The van der Waals surface area contributed by atoms with Crippen molar-refractivity contribution in [3.63, 3.8) is 0 Å². The van der Waals surface area contributed by atoms with Crippen LogP contribution in [0.15, 0.2) is 41.5 Å². The van der Waals surface area contributed by atoms with Gasteiger partial charge in [-0.05, 0) is 91.3 Å². The zero-order valence-corrected chi connectivity index (χ0v) is 28.5. The van der Waals surface area contributed by atoms with E-state index in [1.807, 2.05) is 34.6 Å². The molecular weight excluding hydrogens is 600 g/mol. The normalized spacial score (nSPS) is 28.6. The average Bonchev–Trinajstić information content (AvgIpc) is 2.96. The topological polar surface area (TPSA) is 159 Å². The fourth-order valence-electron chi connectivity index (χ4n) is 9.16. The van der Waals surface area contributed by atoms with Gasteiger partial charge in [0.15, 0.2) is 23.0 Å². The molecule has 250 valence electrons. The highest BCUT2D eigenvalue weighted by atomic mass is 16.5. The quantitative estimate of drug-likeness (QED) is 0.169. The smallest absolute Gasteiger partial charge is 0.323 e. The zero-order valence-electron chi connectivity index (χ0n) is 28.5. The molecule has 0 heterocycles. The van der Waals surface area contributed by atoms with Crippen LogP contribution in [-0.2, 0) is 20.8 Å². The number of fused-ring (bicyclic) bond motifs is 3. The number of amides is 2. The number of aliphatic hydroxyl groups is 1. The minimum Gasteiger partial charge on any atom is -0.505 e. The number of ketones is 4. The van der Waals surface area contributed by atoms with Gasteiger partial charge in [-0.15, -0.1) is 0 Å². The van der Waals surface area contributed by atoms with E-state index in [-0.39, 0.29) is 41.5 Å². The van der Waals surface area contributed by atoms with Crippen molar-refractivity contribution in [2.24, 2.45) is 28.6 Å². The Morgan fingerprint density at radius 3 is 2.17 bits per heavy atom. The van der Waals surface area contributed by atoms with Crippen LogP contribution >= 0.6 is 0 Å². The summed E-state index contributed by atoms with van der Waals surface area (Å²) in [6.45, 7) is 14.3. The Bertz CT molecular complexity index is 1760. The maximum atomic E-state index is 14.6. The lowest BCUT2D eigenvalue weighted by atomic mass is 9.40. The van der Waals surface area contributed by atoms with Crippen molar-refractivity contribution < 1.29 is 38.9 Å². The molecule has 0 saturated heterocycles. The van der Waals surface area contributed by atoms with E-state index >= 15 is 0 Å². The van der Waals surface area contributed by atoms with Gasteiger partial charge >= 0.3 is 6.03 Å². The van der Waals surface area contributed by atoms with Crippen molar-refractivity contribution in [2.75, 3.05) is 17.7 Å². The molecule has 10 heteroatoms. The molecule has 47 heavy (non-hydrogen) atoms. The second kappa shape index (κ2) is 11.4. The van der Waals surface area contributed by atoms with Gasteiger partial charge in [0.25, 0.3) is 0 Å². The average molecular weight is 645 g/mol. The lowest BCUT2D eigenvalue weighted by Gasteiger charge is -2.62. The number of phenolic OH excluding ortho intramolecular Hbond substituents is 1. The zero-order chi connectivity index (χ0) is 35.0.